The number of aryl methyl sites for hydroxylation is 1. The molecule has 0 saturated carbocycles. The van der Waals surface area contributed by atoms with Crippen LogP contribution in [0.2, 0.25) is 0 Å². The first-order valence-electron chi connectivity index (χ1n) is 5.07. The highest BCUT2D eigenvalue weighted by Crippen LogP contribution is 2.15. The van der Waals surface area contributed by atoms with Crippen molar-refractivity contribution in [2.45, 2.75) is 19.8 Å². The van der Waals surface area contributed by atoms with Gasteiger partial charge in [0.1, 0.15) is 5.01 Å². The minimum Gasteiger partial charge on any atom is -0.380 e. The van der Waals surface area contributed by atoms with Crippen molar-refractivity contribution in [1.29, 1.82) is 0 Å². The molecule has 2 N–H and O–H groups in total. The highest BCUT2D eigenvalue weighted by atomic mass is 32.1. The standard InChI is InChI=1S/C11H18N2OS/c1-9-8-15-11(13-9)6-10(7-14-2)4-3-5-12/h6,8H,3-5,7,12H2,1-2H3. The number of ether oxygens (including phenoxy) is 1. The van der Waals surface area contributed by atoms with Crippen molar-refractivity contribution >= 4 is 17.4 Å². The Hall–Kier alpha value is -0.710. The summed E-state index contributed by atoms with van der Waals surface area (Å²) < 4.78 is 5.15. The Morgan fingerprint density at radius 2 is 2.47 bits per heavy atom. The first-order valence-corrected chi connectivity index (χ1v) is 5.94. The number of nitrogens with two attached hydrogens (primary N) is 1. The van der Waals surface area contributed by atoms with Crippen LogP contribution in [0.15, 0.2) is 11.0 Å². The largest absolute Gasteiger partial charge is 0.380 e. The van der Waals surface area contributed by atoms with Crippen molar-refractivity contribution in [3.8, 4) is 0 Å². The molecule has 0 aliphatic heterocycles. The van der Waals surface area contributed by atoms with E-state index in [0.29, 0.717) is 6.61 Å². The first-order chi connectivity index (χ1) is 7.26. The fourth-order valence-electron chi connectivity index (χ4n) is 1.31. The van der Waals surface area contributed by atoms with E-state index in [0.717, 1.165) is 30.1 Å². The van der Waals surface area contributed by atoms with Crippen molar-refractivity contribution in [3.63, 3.8) is 0 Å². The zero-order valence-corrected chi connectivity index (χ0v) is 10.1. The summed E-state index contributed by atoms with van der Waals surface area (Å²) in [4.78, 5) is 4.40. The zero-order chi connectivity index (χ0) is 11.1. The van der Waals surface area contributed by atoms with Crippen LogP contribution in [0.4, 0.5) is 0 Å². The summed E-state index contributed by atoms with van der Waals surface area (Å²) in [5, 5.41) is 3.11. The number of hydrogen-bond donors (Lipinski definition) is 1. The van der Waals surface area contributed by atoms with Gasteiger partial charge in [-0.15, -0.1) is 11.3 Å². The number of aromatic nitrogens is 1. The molecule has 1 heterocycles. The van der Waals surface area contributed by atoms with E-state index < -0.39 is 0 Å². The molecule has 0 bridgehead atoms. The molecule has 0 spiro atoms. The molecule has 0 fully saturated rings. The summed E-state index contributed by atoms with van der Waals surface area (Å²) in [5.41, 5.74) is 7.82. The first kappa shape index (κ1) is 12.4. The SMILES string of the molecule is COCC(=Cc1nc(C)cs1)CCCN. The minimum absolute atomic E-state index is 0.665. The number of thiazole rings is 1. The van der Waals surface area contributed by atoms with Crippen molar-refractivity contribution in [2.75, 3.05) is 20.3 Å². The number of methoxy groups -OCH3 is 1. The summed E-state index contributed by atoms with van der Waals surface area (Å²) in [6.45, 7) is 3.39. The molecule has 0 amide bonds. The molecule has 0 aliphatic carbocycles. The van der Waals surface area contributed by atoms with Gasteiger partial charge in [0, 0.05) is 18.2 Å². The Morgan fingerprint density at radius 3 is 3.00 bits per heavy atom. The Labute approximate surface area is 95.0 Å². The van der Waals surface area contributed by atoms with E-state index in [1.54, 1.807) is 18.4 Å². The summed E-state index contributed by atoms with van der Waals surface area (Å²) in [6.07, 6.45) is 4.10. The molecule has 84 valence electrons. The van der Waals surface area contributed by atoms with Gasteiger partial charge >= 0.3 is 0 Å². The lowest BCUT2D eigenvalue weighted by Gasteiger charge is -2.04. The third kappa shape index (κ3) is 4.55. The van der Waals surface area contributed by atoms with Crippen molar-refractivity contribution < 1.29 is 4.74 Å². The van der Waals surface area contributed by atoms with Crippen LogP contribution in [0.25, 0.3) is 6.08 Å². The van der Waals surface area contributed by atoms with Crippen LogP contribution in [0, 0.1) is 6.92 Å². The van der Waals surface area contributed by atoms with Crippen LogP contribution in [-0.4, -0.2) is 25.2 Å². The van der Waals surface area contributed by atoms with E-state index in [4.69, 9.17) is 10.5 Å². The lowest BCUT2D eigenvalue weighted by atomic mass is 10.1. The number of nitrogens with zero attached hydrogens (tertiary/aromatic N) is 1. The van der Waals surface area contributed by atoms with Crippen molar-refractivity contribution in [3.05, 3.63) is 21.7 Å². The second-order valence-electron chi connectivity index (χ2n) is 3.45. The molecule has 4 heteroatoms. The van der Waals surface area contributed by atoms with Crippen LogP contribution in [-0.2, 0) is 4.74 Å². The predicted octanol–water partition coefficient (Wildman–Crippen LogP) is 2.22. The highest BCUT2D eigenvalue weighted by Gasteiger charge is 2.00. The normalized spacial score (nSPS) is 12.1. The van der Waals surface area contributed by atoms with E-state index in [2.05, 4.69) is 16.4 Å². The van der Waals surface area contributed by atoms with E-state index >= 15 is 0 Å². The van der Waals surface area contributed by atoms with Gasteiger partial charge in [0.05, 0.1) is 6.61 Å². The van der Waals surface area contributed by atoms with Gasteiger partial charge in [-0.25, -0.2) is 4.98 Å². The quantitative estimate of drug-likeness (QED) is 0.809. The Kier molecular flexibility index (Phi) is 5.53. The molecular formula is C11H18N2OS. The molecule has 0 radical (unpaired) electrons. The molecular weight excluding hydrogens is 208 g/mol. The van der Waals surface area contributed by atoms with Crippen molar-refractivity contribution in [1.82, 2.24) is 4.98 Å². The van der Waals surface area contributed by atoms with Gasteiger partial charge in [-0.3, -0.25) is 0 Å². The monoisotopic (exact) mass is 226 g/mol. The number of rotatable bonds is 6. The topological polar surface area (TPSA) is 48.1 Å². The molecule has 1 aromatic heterocycles. The van der Waals surface area contributed by atoms with Gasteiger partial charge in [-0.1, -0.05) is 0 Å². The van der Waals surface area contributed by atoms with Gasteiger partial charge in [0.25, 0.3) is 0 Å². The Balaban J connectivity index is 2.64. The van der Waals surface area contributed by atoms with Crippen LogP contribution < -0.4 is 5.73 Å². The maximum atomic E-state index is 5.49. The predicted molar refractivity (Wildman–Crippen MR) is 65.0 cm³/mol. The third-order valence-corrected chi connectivity index (χ3v) is 2.91. The van der Waals surface area contributed by atoms with Crippen LogP contribution in [0.1, 0.15) is 23.5 Å². The van der Waals surface area contributed by atoms with Gasteiger partial charge in [-0.05, 0) is 38.0 Å². The second-order valence-corrected chi connectivity index (χ2v) is 4.34. The van der Waals surface area contributed by atoms with Crippen molar-refractivity contribution in [2.24, 2.45) is 5.73 Å². The number of hydrogen-bond acceptors (Lipinski definition) is 4. The van der Waals surface area contributed by atoms with Gasteiger partial charge < -0.3 is 10.5 Å². The molecule has 1 aromatic rings. The van der Waals surface area contributed by atoms with Crippen LogP contribution >= 0.6 is 11.3 Å². The lowest BCUT2D eigenvalue weighted by Crippen LogP contribution is -2.01. The zero-order valence-electron chi connectivity index (χ0n) is 9.32. The van der Waals surface area contributed by atoms with E-state index in [9.17, 15) is 0 Å². The van der Waals surface area contributed by atoms with Gasteiger partial charge in [0.2, 0.25) is 0 Å². The van der Waals surface area contributed by atoms with E-state index in [1.807, 2.05) is 6.92 Å². The highest BCUT2D eigenvalue weighted by molar-refractivity contribution is 7.10. The summed E-state index contributed by atoms with van der Waals surface area (Å²) in [6, 6.07) is 0. The summed E-state index contributed by atoms with van der Waals surface area (Å²) in [7, 11) is 1.71. The van der Waals surface area contributed by atoms with Crippen LogP contribution in [0.5, 0.6) is 0 Å². The summed E-state index contributed by atoms with van der Waals surface area (Å²) in [5.74, 6) is 0. The average molecular weight is 226 g/mol. The second kappa shape index (κ2) is 6.71. The maximum Gasteiger partial charge on any atom is 0.116 e. The molecule has 0 unspecified atom stereocenters. The van der Waals surface area contributed by atoms with Gasteiger partial charge in [0.15, 0.2) is 0 Å². The van der Waals surface area contributed by atoms with E-state index in [1.165, 1.54) is 5.57 Å². The van der Waals surface area contributed by atoms with Crippen LogP contribution in [0.3, 0.4) is 0 Å². The molecule has 0 atom stereocenters. The third-order valence-electron chi connectivity index (χ3n) is 2.00. The molecule has 3 nitrogen and oxygen atoms in total. The smallest absolute Gasteiger partial charge is 0.116 e. The molecule has 0 saturated heterocycles. The molecule has 1 rings (SSSR count). The fraction of sp³-hybridized carbons (Fsp3) is 0.545. The summed E-state index contributed by atoms with van der Waals surface area (Å²) >= 11 is 1.66. The average Bonchev–Trinajstić information content (AvgIpc) is 2.61. The fourth-order valence-corrected chi connectivity index (χ4v) is 2.09. The maximum absolute atomic E-state index is 5.49. The molecule has 0 aromatic carbocycles. The van der Waals surface area contributed by atoms with Gasteiger partial charge in [-0.2, -0.15) is 0 Å². The lowest BCUT2D eigenvalue weighted by molar-refractivity contribution is 0.223. The van der Waals surface area contributed by atoms with E-state index in [-0.39, 0.29) is 0 Å². The molecule has 0 aliphatic rings. The Morgan fingerprint density at radius 1 is 1.67 bits per heavy atom. The molecule has 15 heavy (non-hydrogen) atoms. The Bertz CT molecular complexity index is 320. The minimum atomic E-state index is 0.665.